The quantitative estimate of drug-likeness (QED) is 0.651. The molecule has 5 heteroatoms. The molecule has 1 aliphatic rings. The zero-order valence-electron chi connectivity index (χ0n) is 6.78. The van der Waals surface area contributed by atoms with Gasteiger partial charge in [-0.2, -0.15) is 0 Å². The fourth-order valence-corrected chi connectivity index (χ4v) is 1.98. The topological polar surface area (TPSA) is 46.1 Å². The highest BCUT2D eigenvalue weighted by atomic mass is 32.1. The number of anilines is 1. The minimum Gasteiger partial charge on any atom is -0.287 e. The Morgan fingerprint density at radius 2 is 2.33 bits per heavy atom. The van der Waals surface area contributed by atoms with Crippen molar-refractivity contribution in [2.75, 3.05) is 11.4 Å². The monoisotopic (exact) mass is 183 g/mol. The van der Waals surface area contributed by atoms with Gasteiger partial charge in [-0.1, -0.05) is 11.3 Å². The molecule has 1 amide bonds. The van der Waals surface area contributed by atoms with Crippen LogP contribution in [0.3, 0.4) is 0 Å². The Morgan fingerprint density at radius 3 is 2.83 bits per heavy atom. The average molecular weight is 183 g/mol. The van der Waals surface area contributed by atoms with Crippen molar-refractivity contribution in [3.05, 3.63) is 5.01 Å². The van der Waals surface area contributed by atoms with Gasteiger partial charge in [-0.05, 0) is 13.3 Å². The number of nitrogens with zero attached hydrogens (tertiary/aromatic N) is 3. The Kier molecular flexibility index (Phi) is 1.80. The summed E-state index contributed by atoms with van der Waals surface area (Å²) in [7, 11) is 0. The van der Waals surface area contributed by atoms with Gasteiger partial charge in [-0.3, -0.25) is 9.69 Å². The molecule has 2 heterocycles. The molecule has 1 saturated heterocycles. The van der Waals surface area contributed by atoms with Gasteiger partial charge in [-0.15, -0.1) is 10.2 Å². The normalized spacial score (nSPS) is 17.4. The van der Waals surface area contributed by atoms with E-state index in [1.54, 1.807) is 4.90 Å². The van der Waals surface area contributed by atoms with Crippen molar-refractivity contribution in [3.8, 4) is 0 Å². The lowest BCUT2D eigenvalue weighted by Gasteiger charge is -2.08. The largest absolute Gasteiger partial charge is 0.287 e. The van der Waals surface area contributed by atoms with Crippen molar-refractivity contribution in [1.82, 2.24) is 10.2 Å². The second-order valence-electron chi connectivity index (χ2n) is 2.75. The van der Waals surface area contributed by atoms with Gasteiger partial charge < -0.3 is 0 Å². The standard InChI is InChI=1S/C7H9N3OS/c1-5-8-9-7(12-5)10-4-2-3-6(10)11/h2-4H2,1H3. The van der Waals surface area contributed by atoms with Crippen LogP contribution >= 0.6 is 11.3 Å². The van der Waals surface area contributed by atoms with Crippen LogP contribution in [0.5, 0.6) is 0 Å². The Morgan fingerprint density at radius 1 is 1.50 bits per heavy atom. The average Bonchev–Trinajstić information content (AvgIpc) is 2.58. The van der Waals surface area contributed by atoms with E-state index in [0.717, 1.165) is 23.1 Å². The maximum absolute atomic E-state index is 11.2. The summed E-state index contributed by atoms with van der Waals surface area (Å²) in [6.07, 6.45) is 1.59. The number of amides is 1. The van der Waals surface area contributed by atoms with Gasteiger partial charge in [-0.25, -0.2) is 0 Å². The second-order valence-corrected chi connectivity index (χ2v) is 3.91. The molecule has 1 aromatic heterocycles. The smallest absolute Gasteiger partial charge is 0.228 e. The number of aromatic nitrogens is 2. The molecule has 0 aliphatic carbocycles. The number of aryl methyl sites for hydroxylation is 1. The minimum atomic E-state index is 0.172. The van der Waals surface area contributed by atoms with Crippen molar-refractivity contribution in [2.45, 2.75) is 19.8 Å². The molecule has 0 aromatic carbocycles. The molecular formula is C7H9N3OS. The first-order valence-electron chi connectivity index (χ1n) is 3.88. The van der Waals surface area contributed by atoms with E-state index in [2.05, 4.69) is 10.2 Å². The van der Waals surface area contributed by atoms with E-state index in [9.17, 15) is 4.79 Å². The molecule has 64 valence electrons. The van der Waals surface area contributed by atoms with Crippen molar-refractivity contribution in [3.63, 3.8) is 0 Å². The van der Waals surface area contributed by atoms with Crippen LogP contribution in [0.15, 0.2) is 0 Å². The summed E-state index contributed by atoms with van der Waals surface area (Å²) in [4.78, 5) is 13.0. The fourth-order valence-electron chi connectivity index (χ4n) is 1.25. The lowest BCUT2D eigenvalue weighted by atomic mass is 10.4. The molecule has 12 heavy (non-hydrogen) atoms. The Labute approximate surface area is 74.2 Å². The molecule has 0 saturated carbocycles. The van der Waals surface area contributed by atoms with Crippen LogP contribution in [0.1, 0.15) is 17.8 Å². The van der Waals surface area contributed by atoms with Gasteiger partial charge in [0.05, 0.1) is 0 Å². The van der Waals surface area contributed by atoms with Crippen LogP contribution in [-0.2, 0) is 4.79 Å². The molecule has 1 aliphatic heterocycles. The summed E-state index contributed by atoms with van der Waals surface area (Å²) < 4.78 is 0. The Hall–Kier alpha value is -0.970. The molecule has 4 nitrogen and oxygen atoms in total. The Bertz CT molecular complexity index is 309. The second kappa shape index (κ2) is 2.82. The summed E-state index contributed by atoms with van der Waals surface area (Å²) in [5.74, 6) is 0.172. The predicted octanol–water partition coefficient (Wildman–Crippen LogP) is 0.973. The molecular weight excluding hydrogens is 174 g/mol. The minimum absolute atomic E-state index is 0.172. The predicted molar refractivity (Wildman–Crippen MR) is 46.2 cm³/mol. The van der Waals surface area contributed by atoms with Crippen LogP contribution < -0.4 is 4.90 Å². The maximum Gasteiger partial charge on any atom is 0.228 e. The third-order valence-electron chi connectivity index (χ3n) is 1.82. The van der Waals surface area contributed by atoms with Gasteiger partial charge in [0.2, 0.25) is 11.0 Å². The summed E-state index contributed by atoms with van der Waals surface area (Å²) in [5, 5.41) is 9.44. The van der Waals surface area contributed by atoms with Crippen LogP contribution in [-0.4, -0.2) is 22.6 Å². The van der Waals surface area contributed by atoms with Crippen LogP contribution in [0, 0.1) is 6.92 Å². The molecule has 0 spiro atoms. The van der Waals surface area contributed by atoms with Gasteiger partial charge in [0.25, 0.3) is 0 Å². The Balaban J connectivity index is 2.24. The fraction of sp³-hybridized carbons (Fsp3) is 0.571. The van der Waals surface area contributed by atoms with Crippen molar-refractivity contribution >= 4 is 22.4 Å². The number of rotatable bonds is 1. The van der Waals surface area contributed by atoms with E-state index in [1.165, 1.54) is 11.3 Å². The number of carbonyl (C=O) groups is 1. The molecule has 0 radical (unpaired) electrons. The highest BCUT2D eigenvalue weighted by Gasteiger charge is 2.24. The van der Waals surface area contributed by atoms with Gasteiger partial charge >= 0.3 is 0 Å². The first-order valence-corrected chi connectivity index (χ1v) is 4.69. The molecule has 1 fully saturated rings. The van der Waals surface area contributed by atoms with E-state index in [-0.39, 0.29) is 5.91 Å². The van der Waals surface area contributed by atoms with Crippen molar-refractivity contribution in [2.24, 2.45) is 0 Å². The summed E-state index contributed by atoms with van der Waals surface area (Å²) in [6.45, 7) is 2.69. The van der Waals surface area contributed by atoms with E-state index in [4.69, 9.17) is 0 Å². The number of hydrogen-bond acceptors (Lipinski definition) is 4. The van der Waals surface area contributed by atoms with E-state index < -0.39 is 0 Å². The summed E-state index contributed by atoms with van der Waals surface area (Å²) in [5.41, 5.74) is 0. The first-order chi connectivity index (χ1) is 5.77. The molecule has 0 bridgehead atoms. The first kappa shape index (κ1) is 7.67. The van der Waals surface area contributed by atoms with Crippen molar-refractivity contribution < 1.29 is 4.79 Å². The molecule has 0 N–H and O–H groups in total. The van der Waals surface area contributed by atoms with E-state index in [1.807, 2.05) is 6.92 Å². The van der Waals surface area contributed by atoms with Crippen LogP contribution in [0.2, 0.25) is 0 Å². The SMILES string of the molecule is Cc1nnc(N2CCCC2=O)s1. The molecule has 0 atom stereocenters. The van der Waals surface area contributed by atoms with E-state index >= 15 is 0 Å². The lowest BCUT2D eigenvalue weighted by molar-refractivity contribution is -0.117. The van der Waals surface area contributed by atoms with Gasteiger partial charge in [0, 0.05) is 13.0 Å². The number of hydrogen-bond donors (Lipinski definition) is 0. The maximum atomic E-state index is 11.2. The zero-order chi connectivity index (χ0) is 8.55. The van der Waals surface area contributed by atoms with Crippen LogP contribution in [0.25, 0.3) is 0 Å². The third kappa shape index (κ3) is 1.20. The third-order valence-corrected chi connectivity index (χ3v) is 2.68. The molecule has 0 unspecified atom stereocenters. The van der Waals surface area contributed by atoms with Gasteiger partial charge in [0.1, 0.15) is 5.01 Å². The molecule has 2 rings (SSSR count). The highest BCUT2D eigenvalue weighted by Crippen LogP contribution is 2.24. The summed E-state index contributed by atoms with van der Waals surface area (Å²) >= 11 is 1.47. The number of carbonyl (C=O) groups excluding carboxylic acids is 1. The lowest BCUT2D eigenvalue weighted by Crippen LogP contribution is -2.23. The van der Waals surface area contributed by atoms with Gasteiger partial charge in [0.15, 0.2) is 0 Å². The zero-order valence-corrected chi connectivity index (χ0v) is 7.60. The summed E-state index contributed by atoms with van der Waals surface area (Å²) in [6, 6.07) is 0. The molecule has 1 aromatic rings. The van der Waals surface area contributed by atoms with E-state index in [0.29, 0.717) is 6.42 Å². The van der Waals surface area contributed by atoms with Crippen molar-refractivity contribution in [1.29, 1.82) is 0 Å². The highest BCUT2D eigenvalue weighted by molar-refractivity contribution is 7.15. The van der Waals surface area contributed by atoms with Crippen LogP contribution in [0.4, 0.5) is 5.13 Å².